The first-order valence-corrected chi connectivity index (χ1v) is 6.21. The summed E-state index contributed by atoms with van der Waals surface area (Å²) in [7, 11) is 1.11. The number of ether oxygens (including phenoxy) is 3. The normalized spacial score (nSPS) is 14.7. The van der Waals surface area contributed by atoms with Gasteiger partial charge in [0.2, 0.25) is 0 Å². The Morgan fingerprint density at radius 1 is 1.32 bits per heavy atom. The summed E-state index contributed by atoms with van der Waals surface area (Å²) in [5.74, 6) is -1.06. The third-order valence-corrected chi connectivity index (χ3v) is 3.26. The number of carbonyl (C=O) groups excluding carboxylic acids is 2. The van der Waals surface area contributed by atoms with E-state index in [1.165, 1.54) is 12.1 Å². The average molecular weight is 305 g/mol. The van der Waals surface area contributed by atoms with Gasteiger partial charge in [-0.15, -0.1) is 11.6 Å². The molecule has 1 aromatic rings. The van der Waals surface area contributed by atoms with Crippen molar-refractivity contribution in [3.63, 3.8) is 0 Å². The highest BCUT2D eigenvalue weighted by molar-refractivity contribution is 6.47. The number of hydrogen-bond donors (Lipinski definition) is 0. The monoisotopic (exact) mass is 304 g/mol. The van der Waals surface area contributed by atoms with Gasteiger partial charge in [0, 0.05) is 0 Å². The fourth-order valence-electron chi connectivity index (χ4n) is 1.63. The van der Waals surface area contributed by atoms with Crippen molar-refractivity contribution in [3.8, 4) is 11.5 Å². The molecule has 7 heteroatoms. The van der Waals surface area contributed by atoms with Crippen molar-refractivity contribution in [1.29, 1.82) is 0 Å². The molecule has 2 rings (SSSR count). The molecule has 0 aliphatic carbocycles. The van der Waals surface area contributed by atoms with E-state index in [1.54, 1.807) is 0 Å². The summed E-state index contributed by atoms with van der Waals surface area (Å²) in [6.45, 7) is 0.780. The largest absolute Gasteiger partial charge is 0.486 e. The molecule has 1 aliphatic rings. The van der Waals surface area contributed by atoms with Crippen molar-refractivity contribution < 1.29 is 23.8 Å². The Hall–Kier alpha value is -1.46. The van der Waals surface area contributed by atoms with Crippen LogP contribution in [0, 0.1) is 0 Å². The van der Waals surface area contributed by atoms with Crippen LogP contribution < -0.4 is 9.47 Å². The van der Waals surface area contributed by atoms with Crippen molar-refractivity contribution in [2.75, 3.05) is 20.3 Å². The van der Waals surface area contributed by atoms with Crippen molar-refractivity contribution in [2.24, 2.45) is 0 Å². The molecule has 1 unspecified atom stereocenters. The van der Waals surface area contributed by atoms with Gasteiger partial charge in [-0.05, 0) is 17.7 Å². The zero-order valence-corrected chi connectivity index (χ0v) is 11.5. The van der Waals surface area contributed by atoms with Gasteiger partial charge in [0.25, 0.3) is 5.78 Å². The first kappa shape index (κ1) is 14.0. The van der Waals surface area contributed by atoms with E-state index in [0.717, 1.165) is 7.11 Å². The van der Waals surface area contributed by atoms with E-state index in [9.17, 15) is 9.59 Å². The zero-order valence-electron chi connectivity index (χ0n) is 9.94. The Morgan fingerprint density at radius 3 is 2.68 bits per heavy atom. The molecule has 1 heterocycles. The van der Waals surface area contributed by atoms with Gasteiger partial charge in [-0.1, -0.05) is 11.6 Å². The number of ketones is 1. The summed E-state index contributed by atoms with van der Waals surface area (Å²) in [6.07, 6.45) is 0. The molecule has 0 saturated carbocycles. The van der Waals surface area contributed by atoms with Gasteiger partial charge in [0.05, 0.1) is 12.1 Å². The summed E-state index contributed by atoms with van der Waals surface area (Å²) in [5, 5.41) is -0.906. The minimum atomic E-state index is -1.18. The molecular weight excluding hydrogens is 295 g/mol. The Balaban J connectivity index is 2.33. The highest BCUT2D eigenvalue weighted by atomic mass is 35.5. The molecule has 0 bridgehead atoms. The zero-order chi connectivity index (χ0) is 14.0. The maximum atomic E-state index is 11.6. The molecular formula is C12H10Cl2O5. The van der Waals surface area contributed by atoms with E-state index < -0.39 is 17.1 Å². The third kappa shape index (κ3) is 2.77. The predicted molar refractivity (Wildman–Crippen MR) is 68.1 cm³/mol. The number of hydrogen-bond acceptors (Lipinski definition) is 5. The number of halogens is 2. The van der Waals surface area contributed by atoms with Crippen LogP contribution in [0.4, 0.5) is 0 Å². The van der Waals surface area contributed by atoms with Crippen LogP contribution in [0.3, 0.4) is 0 Å². The van der Waals surface area contributed by atoms with Crippen molar-refractivity contribution in [2.45, 2.75) is 5.38 Å². The first-order chi connectivity index (χ1) is 9.04. The number of alkyl halides is 1. The Kier molecular flexibility index (Phi) is 4.17. The molecule has 102 valence electrons. The molecule has 0 fully saturated rings. The van der Waals surface area contributed by atoms with Gasteiger partial charge in [0.15, 0.2) is 11.5 Å². The van der Waals surface area contributed by atoms with E-state index in [2.05, 4.69) is 4.74 Å². The summed E-state index contributed by atoms with van der Waals surface area (Å²) >= 11 is 12.0. The molecule has 19 heavy (non-hydrogen) atoms. The lowest BCUT2D eigenvalue weighted by Crippen LogP contribution is -2.21. The van der Waals surface area contributed by atoms with E-state index in [-0.39, 0.29) is 5.02 Å². The number of fused-ring (bicyclic) bond motifs is 1. The van der Waals surface area contributed by atoms with Gasteiger partial charge in [0.1, 0.15) is 18.6 Å². The van der Waals surface area contributed by atoms with Crippen LogP contribution in [0.25, 0.3) is 0 Å². The lowest BCUT2D eigenvalue weighted by atomic mass is 10.1. The number of esters is 1. The maximum Gasteiger partial charge on any atom is 0.376 e. The number of rotatable bonds is 3. The number of benzene rings is 1. The van der Waals surface area contributed by atoms with Crippen molar-refractivity contribution in [3.05, 3.63) is 22.7 Å². The smallest absolute Gasteiger partial charge is 0.376 e. The molecule has 0 amide bonds. The molecule has 1 aliphatic heterocycles. The van der Waals surface area contributed by atoms with E-state index in [4.69, 9.17) is 32.7 Å². The highest BCUT2D eigenvalue weighted by Crippen LogP contribution is 2.40. The Morgan fingerprint density at radius 2 is 2.00 bits per heavy atom. The third-order valence-electron chi connectivity index (χ3n) is 2.53. The second-order valence-corrected chi connectivity index (χ2v) is 4.59. The van der Waals surface area contributed by atoms with Gasteiger partial charge >= 0.3 is 5.97 Å². The minimum absolute atomic E-state index is 0.274. The summed E-state index contributed by atoms with van der Waals surface area (Å²) in [5.41, 5.74) is 0.353. The fourth-order valence-corrected chi connectivity index (χ4v) is 2.12. The molecule has 0 N–H and O–H groups in total. The maximum absolute atomic E-state index is 11.6. The molecule has 0 spiro atoms. The number of carbonyl (C=O) groups is 2. The molecule has 0 radical (unpaired) electrons. The predicted octanol–water partition coefficient (Wildman–Crippen LogP) is 2.13. The molecule has 1 aromatic carbocycles. The standard InChI is InChI=1S/C12H10Cl2O5/c1-17-12(16)10(15)9(14)6-4-7(13)11-8(5-6)18-2-3-19-11/h4-5,9H,2-3H2,1H3. The van der Waals surface area contributed by atoms with Gasteiger partial charge in [-0.2, -0.15) is 0 Å². The van der Waals surface area contributed by atoms with E-state index in [1.807, 2.05) is 0 Å². The van der Waals surface area contributed by atoms with Gasteiger partial charge in [-0.25, -0.2) is 4.79 Å². The lowest BCUT2D eigenvalue weighted by molar-refractivity contribution is -0.151. The summed E-state index contributed by atoms with van der Waals surface area (Å²) in [4.78, 5) is 22.8. The Labute approximate surface area is 119 Å². The number of methoxy groups -OCH3 is 1. The SMILES string of the molecule is COC(=O)C(=O)C(Cl)c1cc(Cl)c2c(c1)OCCO2. The van der Waals surface area contributed by atoms with E-state index >= 15 is 0 Å². The molecule has 0 saturated heterocycles. The van der Waals surface area contributed by atoms with Crippen LogP contribution in [0.5, 0.6) is 11.5 Å². The Bertz CT molecular complexity index is 529. The van der Waals surface area contributed by atoms with Crippen LogP contribution >= 0.6 is 23.2 Å². The van der Waals surface area contributed by atoms with Crippen LogP contribution in [-0.4, -0.2) is 32.1 Å². The first-order valence-electron chi connectivity index (χ1n) is 5.40. The average Bonchev–Trinajstić information content (AvgIpc) is 2.44. The number of Topliss-reactive ketones (excluding diaryl/α,β-unsaturated/α-hetero) is 1. The summed E-state index contributed by atoms with van der Waals surface area (Å²) in [6, 6.07) is 2.99. The quantitative estimate of drug-likeness (QED) is 0.486. The minimum Gasteiger partial charge on any atom is -0.486 e. The highest BCUT2D eigenvalue weighted by Gasteiger charge is 2.28. The fraction of sp³-hybridized carbons (Fsp3) is 0.333. The second-order valence-electron chi connectivity index (χ2n) is 3.75. The van der Waals surface area contributed by atoms with Crippen LogP contribution in [-0.2, 0) is 14.3 Å². The van der Waals surface area contributed by atoms with Crippen molar-refractivity contribution >= 4 is 35.0 Å². The lowest BCUT2D eigenvalue weighted by Gasteiger charge is -2.21. The summed E-state index contributed by atoms with van der Waals surface area (Å²) < 4.78 is 15.0. The topological polar surface area (TPSA) is 61.8 Å². The molecule has 0 aromatic heterocycles. The van der Waals surface area contributed by atoms with Gasteiger partial charge in [-0.3, -0.25) is 4.79 Å². The molecule has 1 atom stereocenters. The van der Waals surface area contributed by atoms with Crippen LogP contribution in [0.15, 0.2) is 12.1 Å². The second kappa shape index (κ2) is 5.67. The van der Waals surface area contributed by atoms with Crippen LogP contribution in [0.1, 0.15) is 10.9 Å². The van der Waals surface area contributed by atoms with Gasteiger partial charge < -0.3 is 14.2 Å². The van der Waals surface area contributed by atoms with Crippen molar-refractivity contribution in [1.82, 2.24) is 0 Å². The molecule has 5 nitrogen and oxygen atoms in total. The van der Waals surface area contributed by atoms with Crippen LogP contribution in [0.2, 0.25) is 5.02 Å². The van der Waals surface area contributed by atoms with E-state index in [0.29, 0.717) is 30.3 Å².